The molecular weight excluding hydrogens is 520 g/mol. The third-order valence-corrected chi connectivity index (χ3v) is 8.33. The average molecular weight is 551 g/mol. The molecule has 1 amide bonds. The number of carbonyl (C=O) groups is 2. The highest BCUT2D eigenvalue weighted by atomic mass is 32.2. The molecule has 0 bridgehead atoms. The lowest BCUT2D eigenvalue weighted by molar-refractivity contribution is -0.139. The van der Waals surface area contributed by atoms with Gasteiger partial charge in [0.05, 0.1) is 5.75 Å². The zero-order valence-corrected chi connectivity index (χ0v) is 21.9. The Labute approximate surface area is 227 Å². The molecule has 10 nitrogen and oxygen atoms in total. The minimum absolute atomic E-state index is 0.0298. The van der Waals surface area contributed by atoms with Gasteiger partial charge in [-0.15, -0.1) is 0 Å². The quantitative estimate of drug-likeness (QED) is 0.210. The van der Waals surface area contributed by atoms with Crippen molar-refractivity contribution < 1.29 is 27.9 Å². The summed E-state index contributed by atoms with van der Waals surface area (Å²) in [7, 11) is -3.96. The molecule has 0 radical (unpaired) electrons. The van der Waals surface area contributed by atoms with Crippen LogP contribution in [-0.2, 0) is 25.3 Å². The van der Waals surface area contributed by atoms with Crippen LogP contribution in [0.25, 0.3) is 11.1 Å². The van der Waals surface area contributed by atoms with Gasteiger partial charge in [-0.1, -0.05) is 78.9 Å². The molecule has 4 rings (SSSR count). The Hall–Kier alpha value is -4.38. The molecule has 3 aromatic rings. The number of nitrogens with two attached hydrogens (primary N) is 1. The number of amides is 1. The minimum Gasteiger partial charge on any atom is -0.480 e. The van der Waals surface area contributed by atoms with Gasteiger partial charge in [0, 0.05) is 12.5 Å². The maximum atomic E-state index is 12.8. The topological polar surface area (TPSA) is 163 Å². The van der Waals surface area contributed by atoms with Crippen molar-refractivity contribution >= 4 is 28.0 Å². The van der Waals surface area contributed by atoms with Crippen molar-refractivity contribution in [3.63, 3.8) is 0 Å². The smallest absolute Gasteiger partial charge is 0.407 e. The zero-order valence-electron chi connectivity index (χ0n) is 21.1. The molecule has 5 N–H and O–H groups in total. The van der Waals surface area contributed by atoms with Crippen LogP contribution in [0.4, 0.5) is 4.79 Å². The van der Waals surface area contributed by atoms with Crippen LogP contribution in [0.3, 0.4) is 0 Å². The number of nitrogens with one attached hydrogen (secondary N) is 2. The van der Waals surface area contributed by atoms with Crippen LogP contribution in [0.15, 0.2) is 78.9 Å². The van der Waals surface area contributed by atoms with Crippen LogP contribution < -0.4 is 11.1 Å². The van der Waals surface area contributed by atoms with Gasteiger partial charge in [0.15, 0.2) is 0 Å². The fourth-order valence-electron chi connectivity index (χ4n) is 4.75. The SMILES string of the molecule is N=C(N)N(CCC[C@H](NC(=O)OCC1c2ccccc2-c2ccccc21)C(=O)O)S(=O)(=O)Cc1ccccc1. The lowest BCUT2D eigenvalue weighted by atomic mass is 9.98. The third-order valence-electron chi connectivity index (χ3n) is 6.58. The van der Waals surface area contributed by atoms with E-state index in [1.54, 1.807) is 30.3 Å². The summed E-state index contributed by atoms with van der Waals surface area (Å²) in [5.74, 6) is -2.48. The Morgan fingerprint density at radius 2 is 1.54 bits per heavy atom. The molecule has 0 aliphatic heterocycles. The van der Waals surface area contributed by atoms with Crippen LogP contribution in [0.5, 0.6) is 0 Å². The number of benzene rings is 3. The monoisotopic (exact) mass is 550 g/mol. The van der Waals surface area contributed by atoms with Gasteiger partial charge < -0.3 is 20.9 Å². The zero-order chi connectivity index (χ0) is 28.0. The number of hydrogen-bond acceptors (Lipinski definition) is 6. The van der Waals surface area contributed by atoms with E-state index < -0.39 is 34.1 Å². The number of ether oxygens (including phenoxy) is 1. The summed E-state index contributed by atoms with van der Waals surface area (Å²) in [6.45, 7) is -0.178. The molecule has 1 aliphatic carbocycles. The second-order valence-corrected chi connectivity index (χ2v) is 11.1. The molecule has 0 spiro atoms. The molecule has 0 saturated carbocycles. The summed E-state index contributed by atoms with van der Waals surface area (Å²) >= 11 is 0. The summed E-state index contributed by atoms with van der Waals surface area (Å²) in [4.78, 5) is 24.4. The Kier molecular flexibility index (Phi) is 8.50. The maximum Gasteiger partial charge on any atom is 0.407 e. The van der Waals surface area contributed by atoms with E-state index in [1.165, 1.54) is 0 Å². The third kappa shape index (κ3) is 6.55. The van der Waals surface area contributed by atoms with Crippen molar-refractivity contribution in [2.24, 2.45) is 5.73 Å². The predicted octanol–water partition coefficient (Wildman–Crippen LogP) is 3.48. The van der Waals surface area contributed by atoms with Crippen LogP contribution >= 0.6 is 0 Å². The molecule has 11 heteroatoms. The second kappa shape index (κ2) is 12.0. The van der Waals surface area contributed by atoms with Gasteiger partial charge in [-0.05, 0) is 40.7 Å². The second-order valence-electron chi connectivity index (χ2n) is 9.20. The van der Waals surface area contributed by atoms with E-state index in [-0.39, 0.29) is 37.7 Å². The summed E-state index contributed by atoms with van der Waals surface area (Å²) in [5, 5.41) is 19.7. The first-order chi connectivity index (χ1) is 18.7. The van der Waals surface area contributed by atoms with Crippen molar-refractivity contribution in [2.45, 2.75) is 30.6 Å². The van der Waals surface area contributed by atoms with E-state index in [0.29, 0.717) is 5.56 Å². The number of fused-ring (bicyclic) bond motifs is 3. The fraction of sp³-hybridized carbons (Fsp3) is 0.250. The van der Waals surface area contributed by atoms with Gasteiger partial charge in [0.25, 0.3) is 0 Å². The molecule has 0 saturated heterocycles. The molecule has 0 fully saturated rings. The van der Waals surface area contributed by atoms with Gasteiger partial charge in [-0.25, -0.2) is 22.3 Å². The van der Waals surface area contributed by atoms with Crippen molar-refractivity contribution in [1.82, 2.24) is 9.62 Å². The minimum atomic E-state index is -3.96. The first-order valence-corrected chi connectivity index (χ1v) is 14.0. The van der Waals surface area contributed by atoms with Gasteiger partial charge in [0.1, 0.15) is 12.6 Å². The van der Waals surface area contributed by atoms with Gasteiger partial charge in [-0.2, -0.15) is 0 Å². The standard InChI is InChI=1S/C28H30N4O6S/c29-27(30)32(39(36,37)18-19-9-2-1-3-10-19)16-8-15-25(26(33)34)31-28(35)38-17-24-22-13-6-4-11-20(22)21-12-5-7-14-23(21)24/h1-7,9-14,24-25H,8,15-18H2,(H3,29,30)(H,31,35)(H,33,34)/t25-/m0/s1. The molecule has 0 unspecified atom stereocenters. The van der Waals surface area contributed by atoms with E-state index in [1.807, 2.05) is 48.5 Å². The highest BCUT2D eigenvalue weighted by Crippen LogP contribution is 2.44. The normalized spacial score (nSPS) is 13.1. The van der Waals surface area contributed by atoms with Crippen molar-refractivity contribution in [1.29, 1.82) is 5.41 Å². The number of carboxylic acids is 1. The van der Waals surface area contributed by atoms with Crippen molar-refractivity contribution in [2.75, 3.05) is 13.2 Å². The summed E-state index contributed by atoms with van der Waals surface area (Å²) < 4.78 is 31.8. The molecule has 204 valence electrons. The fourth-order valence-corrected chi connectivity index (χ4v) is 6.23. The lowest BCUT2D eigenvalue weighted by Gasteiger charge is -2.23. The van der Waals surface area contributed by atoms with Gasteiger partial charge in [-0.3, -0.25) is 5.41 Å². The Balaban J connectivity index is 1.33. The van der Waals surface area contributed by atoms with Crippen molar-refractivity contribution in [3.8, 4) is 11.1 Å². The number of rotatable bonds is 11. The van der Waals surface area contributed by atoms with Crippen LogP contribution in [0.1, 0.15) is 35.4 Å². The largest absolute Gasteiger partial charge is 0.480 e. The number of carbonyl (C=O) groups excluding carboxylic acids is 1. The number of carboxylic acid groups (broad SMARTS) is 1. The first kappa shape index (κ1) is 27.6. The maximum absolute atomic E-state index is 12.8. The molecule has 3 aromatic carbocycles. The van der Waals surface area contributed by atoms with Crippen LogP contribution in [-0.4, -0.2) is 55.0 Å². The molecule has 0 aromatic heterocycles. The molecule has 1 atom stereocenters. The molecule has 1 aliphatic rings. The van der Waals surface area contributed by atoms with Crippen LogP contribution in [0.2, 0.25) is 0 Å². The number of hydrogen-bond donors (Lipinski definition) is 4. The summed E-state index contributed by atoms with van der Waals surface area (Å²) in [5.41, 5.74) is 10.3. The van der Waals surface area contributed by atoms with Gasteiger partial charge in [0.2, 0.25) is 16.0 Å². The Bertz CT molecular complexity index is 1420. The first-order valence-electron chi connectivity index (χ1n) is 12.4. The summed E-state index contributed by atoms with van der Waals surface area (Å²) in [6, 6.07) is 22.9. The van der Waals surface area contributed by atoms with Crippen molar-refractivity contribution in [3.05, 3.63) is 95.6 Å². The average Bonchev–Trinajstić information content (AvgIpc) is 3.22. The van der Waals surface area contributed by atoms with Gasteiger partial charge >= 0.3 is 12.1 Å². The number of nitrogens with zero attached hydrogens (tertiary/aromatic N) is 1. The van der Waals surface area contributed by atoms with E-state index in [2.05, 4.69) is 5.32 Å². The molecule has 39 heavy (non-hydrogen) atoms. The molecule has 0 heterocycles. The lowest BCUT2D eigenvalue weighted by Crippen LogP contribution is -2.44. The summed E-state index contributed by atoms with van der Waals surface area (Å²) in [6.07, 6.45) is -0.942. The highest BCUT2D eigenvalue weighted by Gasteiger charge is 2.30. The number of guanidine groups is 1. The van der Waals surface area contributed by atoms with E-state index in [4.69, 9.17) is 15.9 Å². The number of alkyl carbamates (subject to hydrolysis) is 1. The Morgan fingerprint density at radius 3 is 2.10 bits per heavy atom. The predicted molar refractivity (Wildman–Crippen MR) is 147 cm³/mol. The highest BCUT2D eigenvalue weighted by molar-refractivity contribution is 7.88. The number of sulfonamides is 1. The van der Waals surface area contributed by atoms with Crippen LogP contribution in [0, 0.1) is 5.41 Å². The Morgan fingerprint density at radius 1 is 0.974 bits per heavy atom. The molecular formula is C28H30N4O6S. The van der Waals surface area contributed by atoms with E-state index in [0.717, 1.165) is 26.6 Å². The van der Waals surface area contributed by atoms with E-state index >= 15 is 0 Å². The number of aliphatic carboxylic acids is 1. The van der Waals surface area contributed by atoms with E-state index in [9.17, 15) is 23.1 Å².